The second kappa shape index (κ2) is 2.91. The number of nitrogens with one attached hydrogen (secondary N) is 1. The van der Waals surface area contributed by atoms with E-state index in [-0.39, 0.29) is 0 Å². The van der Waals surface area contributed by atoms with Crippen LogP contribution in [0.15, 0.2) is 0 Å². The molecule has 0 radical (unpaired) electrons. The minimum absolute atomic E-state index is 0.403. The Morgan fingerprint density at radius 1 is 1.50 bits per heavy atom. The molecule has 0 bridgehead atoms. The topological polar surface area (TPSA) is 38.3 Å². The summed E-state index contributed by atoms with van der Waals surface area (Å²) in [6.45, 7) is 3.36. The summed E-state index contributed by atoms with van der Waals surface area (Å²) < 4.78 is 3.46. The minimum Gasteiger partial charge on any atom is -0.339 e. The zero-order chi connectivity index (χ0) is 9.57. The molecule has 1 rings (SSSR count). The van der Waals surface area contributed by atoms with E-state index < -0.39 is 21.5 Å². The first-order valence-electron chi connectivity index (χ1n) is 3.29. The Kier molecular flexibility index (Phi) is 2.52. The van der Waals surface area contributed by atoms with Gasteiger partial charge in [-0.05, 0) is 13.8 Å². The van der Waals surface area contributed by atoms with E-state index in [1.54, 1.807) is 13.8 Å². The van der Waals surface area contributed by atoms with Gasteiger partial charge >= 0.3 is 0 Å². The van der Waals surface area contributed by atoms with Crippen molar-refractivity contribution in [3.05, 3.63) is 0 Å². The summed E-state index contributed by atoms with van der Waals surface area (Å²) in [5.74, 6) is -0.403. The lowest BCUT2D eigenvalue weighted by Crippen LogP contribution is -2.36. The summed E-state index contributed by atoms with van der Waals surface area (Å²) in [5, 5.41) is 2.54. The van der Waals surface area contributed by atoms with Crippen LogP contribution >= 0.6 is 34.8 Å². The molecule has 0 aliphatic carbocycles. The van der Waals surface area contributed by atoms with E-state index in [0.717, 1.165) is 0 Å². The number of ether oxygens (including phenoxy) is 1. The molecule has 1 atom stereocenters. The van der Waals surface area contributed by atoms with Crippen LogP contribution in [0.5, 0.6) is 0 Å². The van der Waals surface area contributed by atoms with Crippen LogP contribution in [0, 0.1) is 0 Å². The highest BCUT2D eigenvalue weighted by Crippen LogP contribution is 2.36. The molecule has 1 saturated heterocycles. The zero-order valence-electron chi connectivity index (χ0n) is 6.53. The van der Waals surface area contributed by atoms with E-state index in [0.29, 0.717) is 0 Å². The lowest BCUT2D eigenvalue weighted by atomic mass is 10.3. The molecular weight excluding hydrogens is 224 g/mol. The molecule has 6 heteroatoms. The molecule has 0 saturated carbocycles. The Bertz CT molecular complexity index is 211. The predicted molar refractivity (Wildman–Crippen MR) is 47.4 cm³/mol. The van der Waals surface area contributed by atoms with Gasteiger partial charge in [0, 0.05) is 0 Å². The zero-order valence-corrected chi connectivity index (χ0v) is 8.80. The lowest BCUT2D eigenvalue weighted by Gasteiger charge is -2.20. The molecule has 12 heavy (non-hydrogen) atoms. The smallest absolute Gasteiger partial charge is 0.255 e. The van der Waals surface area contributed by atoms with Gasteiger partial charge in [-0.2, -0.15) is 0 Å². The molecule has 1 fully saturated rings. The SMILES string of the molecule is CC1(C)NC(=O)[C@@H](C(Cl)(Cl)Cl)O1. The van der Waals surface area contributed by atoms with E-state index >= 15 is 0 Å². The first kappa shape index (κ1) is 10.4. The summed E-state index contributed by atoms with van der Waals surface area (Å²) in [6, 6.07) is 0. The maximum atomic E-state index is 11.1. The lowest BCUT2D eigenvalue weighted by molar-refractivity contribution is -0.123. The van der Waals surface area contributed by atoms with Crippen LogP contribution in [0.3, 0.4) is 0 Å². The fourth-order valence-corrected chi connectivity index (χ4v) is 1.39. The van der Waals surface area contributed by atoms with Crippen molar-refractivity contribution in [3.63, 3.8) is 0 Å². The molecule has 0 aromatic carbocycles. The Labute approximate surface area is 85.3 Å². The highest BCUT2D eigenvalue weighted by molar-refractivity contribution is 6.68. The summed E-state index contributed by atoms with van der Waals surface area (Å²) in [4.78, 5) is 11.1. The second-order valence-corrected chi connectivity index (χ2v) is 5.41. The normalized spacial score (nSPS) is 28.8. The van der Waals surface area contributed by atoms with Gasteiger partial charge in [0.05, 0.1) is 0 Å². The van der Waals surface area contributed by atoms with Crippen LogP contribution in [0.1, 0.15) is 13.8 Å². The monoisotopic (exact) mass is 231 g/mol. The third kappa shape index (κ3) is 2.16. The average molecular weight is 232 g/mol. The molecule has 3 nitrogen and oxygen atoms in total. The molecule has 0 unspecified atom stereocenters. The molecule has 1 aliphatic heterocycles. The standard InChI is InChI=1S/C6H8Cl3NO2/c1-5(2)10-4(11)3(12-5)6(7,8)9/h3H,1-2H3,(H,10,11)/t3-/m0/s1. The Hall–Kier alpha value is 0.300. The van der Waals surface area contributed by atoms with Gasteiger partial charge in [-0.3, -0.25) is 4.79 Å². The van der Waals surface area contributed by atoms with E-state index in [1.807, 2.05) is 0 Å². The van der Waals surface area contributed by atoms with Crippen LogP contribution in [0.25, 0.3) is 0 Å². The highest BCUT2D eigenvalue weighted by Gasteiger charge is 2.49. The van der Waals surface area contributed by atoms with Gasteiger partial charge < -0.3 is 10.1 Å². The minimum atomic E-state index is -1.71. The fourth-order valence-electron chi connectivity index (χ4n) is 0.955. The van der Waals surface area contributed by atoms with Gasteiger partial charge in [0.15, 0.2) is 6.10 Å². The molecular formula is C6H8Cl3NO2. The molecule has 0 spiro atoms. The molecule has 1 amide bonds. The number of rotatable bonds is 0. The van der Waals surface area contributed by atoms with Gasteiger partial charge in [0.25, 0.3) is 5.91 Å². The second-order valence-electron chi connectivity index (χ2n) is 3.04. The molecule has 1 aliphatic rings. The largest absolute Gasteiger partial charge is 0.339 e. The van der Waals surface area contributed by atoms with Crippen molar-refractivity contribution in [2.45, 2.75) is 29.5 Å². The van der Waals surface area contributed by atoms with Gasteiger partial charge in [0.2, 0.25) is 3.79 Å². The number of hydrogen-bond acceptors (Lipinski definition) is 2. The summed E-state index contributed by atoms with van der Waals surface area (Å²) in [5.41, 5.74) is -0.758. The number of carbonyl (C=O) groups excluding carboxylic acids is 1. The summed E-state index contributed by atoms with van der Waals surface area (Å²) in [7, 11) is 0. The van der Waals surface area contributed by atoms with Crippen LogP contribution in [0.4, 0.5) is 0 Å². The Morgan fingerprint density at radius 2 is 2.00 bits per heavy atom. The number of amides is 1. The first-order chi connectivity index (χ1) is 5.22. The molecule has 0 aromatic rings. The molecule has 0 aromatic heterocycles. The molecule has 70 valence electrons. The molecule has 1 N–H and O–H groups in total. The van der Waals surface area contributed by atoms with E-state index in [2.05, 4.69) is 5.32 Å². The van der Waals surface area contributed by atoms with Crippen molar-refractivity contribution in [2.24, 2.45) is 0 Å². The Balaban J connectivity index is 2.78. The van der Waals surface area contributed by atoms with Crippen molar-refractivity contribution in [1.29, 1.82) is 0 Å². The molecule has 1 heterocycles. The van der Waals surface area contributed by atoms with E-state index in [9.17, 15) is 4.79 Å². The van der Waals surface area contributed by atoms with Gasteiger partial charge in [-0.1, -0.05) is 34.8 Å². The first-order valence-corrected chi connectivity index (χ1v) is 4.42. The Morgan fingerprint density at radius 3 is 2.17 bits per heavy atom. The highest BCUT2D eigenvalue weighted by atomic mass is 35.6. The van der Waals surface area contributed by atoms with Crippen LogP contribution in [-0.2, 0) is 9.53 Å². The fraction of sp³-hybridized carbons (Fsp3) is 0.833. The quantitative estimate of drug-likeness (QED) is 0.645. The number of hydrogen-bond donors (Lipinski definition) is 1. The summed E-state index contributed by atoms with van der Waals surface area (Å²) in [6.07, 6.45) is -1.03. The number of carbonyl (C=O) groups is 1. The third-order valence-corrected chi connectivity index (χ3v) is 1.97. The van der Waals surface area contributed by atoms with Crippen molar-refractivity contribution in [1.82, 2.24) is 5.32 Å². The number of halogens is 3. The van der Waals surface area contributed by atoms with Crippen molar-refractivity contribution in [2.75, 3.05) is 0 Å². The van der Waals surface area contributed by atoms with Crippen molar-refractivity contribution >= 4 is 40.7 Å². The average Bonchev–Trinajstić information content (AvgIpc) is 2.03. The summed E-state index contributed by atoms with van der Waals surface area (Å²) >= 11 is 16.5. The van der Waals surface area contributed by atoms with Gasteiger partial charge in [-0.25, -0.2) is 0 Å². The maximum Gasteiger partial charge on any atom is 0.255 e. The van der Waals surface area contributed by atoms with Gasteiger partial charge in [-0.15, -0.1) is 0 Å². The predicted octanol–water partition coefficient (Wildman–Crippen LogP) is 1.61. The third-order valence-electron chi connectivity index (χ3n) is 1.37. The van der Waals surface area contributed by atoms with Crippen LogP contribution < -0.4 is 5.32 Å². The van der Waals surface area contributed by atoms with Crippen LogP contribution in [-0.4, -0.2) is 21.5 Å². The van der Waals surface area contributed by atoms with Crippen molar-refractivity contribution < 1.29 is 9.53 Å². The maximum absolute atomic E-state index is 11.1. The van der Waals surface area contributed by atoms with Gasteiger partial charge in [0.1, 0.15) is 5.72 Å². The van der Waals surface area contributed by atoms with E-state index in [1.165, 1.54) is 0 Å². The van der Waals surface area contributed by atoms with Crippen molar-refractivity contribution in [3.8, 4) is 0 Å². The van der Waals surface area contributed by atoms with E-state index in [4.69, 9.17) is 39.5 Å². The van der Waals surface area contributed by atoms with Crippen LogP contribution in [0.2, 0.25) is 0 Å². The number of alkyl halides is 3.